The zero-order valence-electron chi connectivity index (χ0n) is 9.75. The van der Waals surface area contributed by atoms with E-state index in [0.717, 1.165) is 0 Å². The Bertz CT molecular complexity index is 471. The second-order valence-corrected chi connectivity index (χ2v) is 4.86. The van der Waals surface area contributed by atoms with Crippen molar-refractivity contribution in [2.75, 3.05) is 5.75 Å². The number of hydrogen-bond acceptors (Lipinski definition) is 4. The van der Waals surface area contributed by atoms with E-state index in [4.69, 9.17) is 10.3 Å². The third-order valence-corrected chi connectivity index (χ3v) is 2.66. The van der Waals surface area contributed by atoms with Crippen LogP contribution >= 0.6 is 0 Å². The topological polar surface area (TPSA) is 110 Å². The smallest absolute Gasteiger partial charge is 0.264 e. The summed E-state index contributed by atoms with van der Waals surface area (Å²) in [7, 11) is -3.67. The highest BCUT2D eigenvalue weighted by Crippen LogP contribution is 2.00. The van der Waals surface area contributed by atoms with Gasteiger partial charge in [0.05, 0.1) is 11.3 Å². The fraction of sp³-hybridized carbons (Fsp3) is 0.400. The van der Waals surface area contributed by atoms with Crippen molar-refractivity contribution in [3.05, 3.63) is 29.6 Å². The van der Waals surface area contributed by atoms with Gasteiger partial charge < -0.3 is 5.73 Å². The zero-order valence-corrected chi connectivity index (χ0v) is 10.6. The van der Waals surface area contributed by atoms with E-state index in [1.807, 2.05) is 0 Å². The summed E-state index contributed by atoms with van der Waals surface area (Å²) in [4.78, 5) is 14.5. The van der Waals surface area contributed by atoms with Crippen molar-refractivity contribution in [3.8, 4) is 0 Å². The van der Waals surface area contributed by atoms with Crippen LogP contribution in [0.25, 0.3) is 0 Å². The monoisotopic (exact) mass is 260 g/mol. The molecule has 0 aliphatic heterocycles. The number of pyridine rings is 1. The van der Waals surface area contributed by atoms with Gasteiger partial charge in [0, 0.05) is 11.9 Å². The maximum atomic E-state index is 10.6. The van der Waals surface area contributed by atoms with E-state index in [-0.39, 0.29) is 5.75 Å². The summed E-state index contributed by atoms with van der Waals surface area (Å²) < 4.78 is 27.6. The molecule has 1 heterocycles. The molecule has 0 aliphatic carbocycles. The Morgan fingerprint density at radius 3 is 2.35 bits per heavy atom. The molecule has 0 saturated carbocycles. The number of aryl methyl sites for hydroxylation is 1. The molecule has 7 heteroatoms. The molecule has 0 aliphatic rings. The number of rotatable bonds is 3. The minimum absolute atomic E-state index is 0.132. The number of amides is 1. The highest BCUT2D eigenvalue weighted by atomic mass is 32.2. The first-order chi connectivity index (χ1) is 7.78. The molecular weight excluding hydrogens is 244 g/mol. The molecule has 3 N–H and O–H groups in total. The van der Waals surface area contributed by atoms with Crippen molar-refractivity contribution in [2.24, 2.45) is 5.73 Å². The number of carbonyl (C=O) groups excluding carboxylic acids is 1. The van der Waals surface area contributed by atoms with E-state index in [1.165, 1.54) is 0 Å². The van der Waals surface area contributed by atoms with Crippen LogP contribution in [0.4, 0.5) is 0 Å². The van der Waals surface area contributed by atoms with Gasteiger partial charge in [-0.05, 0) is 25.5 Å². The first-order valence-electron chi connectivity index (χ1n) is 4.94. The maximum absolute atomic E-state index is 10.6. The van der Waals surface area contributed by atoms with Crippen molar-refractivity contribution < 1.29 is 17.8 Å². The average Bonchev–Trinajstić information content (AvgIpc) is 2.16. The van der Waals surface area contributed by atoms with Crippen molar-refractivity contribution in [3.63, 3.8) is 0 Å². The molecule has 0 radical (unpaired) electrons. The molecular formula is C10H16N2O4S. The molecule has 1 aromatic heterocycles. The molecule has 1 aromatic rings. The molecule has 0 bridgehead atoms. The van der Waals surface area contributed by atoms with Gasteiger partial charge in [-0.3, -0.25) is 14.3 Å². The molecule has 0 unspecified atom stereocenters. The standard InChI is InChI=1S/C7H8N2O.C3H8O3S/c1-5-6(7(8)10)3-2-4-9-5;1-2-3-7(4,5)6/h2-4H,1H3,(H2,8,10);2-3H2,1H3,(H,4,5,6). The molecule has 96 valence electrons. The lowest BCUT2D eigenvalue weighted by atomic mass is 10.2. The van der Waals surface area contributed by atoms with Gasteiger partial charge in [0.1, 0.15) is 0 Å². The van der Waals surface area contributed by atoms with E-state index in [1.54, 1.807) is 32.2 Å². The number of aromatic nitrogens is 1. The summed E-state index contributed by atoms with van der Waals surface area (Å²) in [6, 6.07) is 3.34. The third kappa shape index (κ3) is 7.42. The van der Waals surface area contributed by atoms with Crippen molar-refractivity contribution in [1.82, 2.24) is 4.98 Å². The number of nitrogens with two attached hydrogens (primary N) is 1. The van der Waals surface area contributed by atoms with Gasteiger partial charge in [-0.2, -0.15) is 8.42 Å². The van der Waals surface area contributed by atoms with Crippen LogP contribution in [0.15, 0.2) is 18.3 Å². The molecule has 1 amide bonds. The number of carbonyl (C=O) groups is 1. The Kier molecular flexibility index (Phi) is 6.37. The predicted molar refractivity (Wildman–Crippen MR) is 64.2 cm³/mol. The highest BCUT2D eigenvalue weighted by Gasteiger charge is 2.02. The number of nitrogens with zero attached hydrogens (tertiary/aromatic N) is 1. The van der Waals surface area contributed by atoms with E-state index in [2.05, 4.69) is 4.98 Å². The van der Waals surface area contributed by atoms with Crippen LogP contribution in [-0.4, -0.2) is 29.6 Å². The largest absolute Gasteiger partial charge is 0.366 e. The predicted octanol–water partition coefficient (Wildman–Crippen LogP) is 0.773. The molecule has 17 heavy (non-hydrogen) atoms. The van der Waals surface area contributed by atoms with Gasteiger partial charge in [0.15, 0.2) is 0 Å². The second kappa shape index (κ2) is 6.97. The van der Waals surface area contributed by atoms with E-state index in [0.29, 0.717) is 17.7 Å². The molecule has 1 rings (SSSR count). The summed E-state index contributed by atoms with van der Waals surface area (Å²) in [5.74, 6) is -0.557. The Labute approximate surface area is 101 Å². The lowest BCUT2D eigenvalue weighted by molar-refractivity contribution is 0.0999. The molecule has 0 spiro atoms. The Balaban J connectivity index is 0.000000325. The quantitative estimate of drug-likeness (QED) is 0.780. The van der Waals surface area contributed by atoms with Gasteiger partial charge >= 0.3 is 0 Å². The Morgan fingerprint density at radius 2 is 2.12 bits per heavy atom. The second-order valence-electron chi connectivity index (χ2n) is 3.29. The van der Waals surface area contributed by atoms with Gasteiger partial charge in [0.25, 0.3) is 16.0 Å². The van der Waals surface area contributed by atoms with E-state index in [9.17, 15) is 13.2 Å². The third-order valence-electron chi connectivity index (χ3n) is 1.73. The zero-order chi connectivity index (χ0) is 13.5. The normalized spacial score (nSPS) is 10.3. The van der Waals surface area contributed by atoms with Crippen LogP contribution in [0.3, 0.4) is 0 Å². The molecule has 0 fully saturated rings. The van der Waals surface area contributed by atoms with Crippen molar-refractivity contribution in [1.29, 1.82) is 0 Å². The Morgan fingerprint density at radius 1 is 1.53 bits per heavy atom. The highest BCUT2D eigenvalue weighted by molar-refractivity contribution is 7.85. The van der Waals surface area contributed by atoms with Gasteiger partial charge in [0.2, 0.25) is 0 Å². The van der Waals surface area contributed by atoms with Gasteiger partial charge in [-0.25, -0.2) is 0 Å². The summed E-state index contributed by atoms with van der Waals surface area (Å²) in [6.45, 7) is 3.44. The van der Waals surface area contributed by atoms with Crippen LogP contribution in [0, 0.1) is 6.92 Å². The lowest BCUT2D eigenvalue weighted by Gasteiger charge is -1.96. The first kappa shape index (κ1) is 15.5. The molecule has 6 nitrogen and oxygen atoms in total. The first-order valence-corrected chi connectivity index (χ1v) is 6.55. The van der Waals surface area contributed by atoms with E-state index < -0.39 is 16.0 Å². The van der Waals surface area contributed by atoms with Crippen LogP contribution in [-0.2, 0) is 10.1 Å². The summed E-state index contributed by atoms with van der Waals surface area (Å²) in [6.07, 6.45) is 2.10. The SMILES string of the molecule is CCCS(=O)(=O)O.Cc1ncccc1C(N)=O. The minimum atomic E-state index is -3.67. The molecule has 0 saturated heterocycles. The Hall–Kier alpha value is -1.47. The number of primary amides is 1. The molecule has 0 aromatic carbocycles. The summed E-state index contributed by atoms with van der Waals surface area (Å²) >= 11 is 0. The minimum Gasteiger partial charge on any atom is -0.366 e. The fourth-order valence-electron chi connectivity index (χ4n) is 1.00. The number of hydrogen-bond donors (Lipinski definition) is 2. The average molecular weight is 260 g/mol. The van der Waals surface area contributed by atoms with Crippen molar-refractivity contribution in [2.45, 2.75) is 20.3 Å². The fourth-order valence-corrected chi connectivity index (χ4v) is 1.52. The van der Waals surface area contributed by atoms with Gasteiger partial charge in [-0.15, -0.1) is 0 Å². The van der Waals surface area contributed by atoms with Crippen molar-refractivity contribution >= 4 is 16.0 Å². The lowest BCUT2D eigenvalue weighted by Crippen LogP contribution is -2.12. The maximum Gasteiger partial charge on any atom is 0.264 e. The summed E-state index contributed by atoms with van der Waals surface area (Å²) in [5, 5.41) is 0. The summed E-state index contributed by atoms with van der Waals surface area (Å²) in [5.41, 5.74) is 6.20. The molecule has 0 atom stereocenters. The van der Waals surface area contributed by atoms with Crippen LogP contribution in [0.1, 0.15) is 29.4 Å². The van der Waals surface area contributed by atoms with Gasteiger partial charge in [-0.1, -0.05) is 6.92 Å². The van der Waals surface area contributed by atoms with Crippen LogP contribution in [0.2, 0.25) is 0 Å². The van der Waals surface area contributed by atoms with Crippen LogP contribution in [0.5, 0.6) is 0 Å². The van der Waals surface area contributed by atoms with Crippen LogP contribution < -0.4 is 5.73 Å². The van der Waals surface area contributed by atoms with E-state index >= 15 is 0 Å².